The summed E-state index contributed by atoms with van der Waals surface area (Å²) in [7, 11) is 0. The summed E-state index contributed by atoms with van der Waals surface area (Å²) >= 11 is 6.09. The molecular weight excluding hydrogens is 312 g/mol. The minimum absolute atomic E-state index is 0.210. The minimum atomic E-state index is -0.513. The lowest BCUT2D eigenvalue weighted by Crippen LogP contribution is -2.05. The van der Waals surface area contributed by atoms with Crippen LogP contribution in [0.4, 0.5) is 0 Å². The maximum atomic E-state index is 11.9. The van der Waals surface area contributed by atoms with E-state index in [2.05, 4.69) is 4.99 Å². The number of carbonyl (C=O) groups excluding carboxylic acids is 1. The standard InChI is InChI=1S/C18H11ClN2O2/c1-11-2-7-14(9-15(11)19)17-21-16(18(22)23-17)8-12-3-5-13(10-20)6-4-12/h2-9H,1H3. The molecule has 3 rings (SSSR count). The number of esters is 1. The molecule has 0 atom stereocenters. The van der Waals surface area contributed by atoms with Crippen molar-refractivity contribution in [2.75, 3.05) is 0 Å². The second kappa shape index (κ2) is 6.07. The smallest absolute Gasteiger partial charge is 0.363 e. The van der Waals surface area contributed by atoms with Crippen molar-refractivity contribution in [2.24, 2.45) is 4.99 Å². The Bertz CT molecular complexity index is 890. The second-order valence-corrected chi connectivity index (χ2v) is 5.44. The Morgan fingerprint density at radius 1 is 1.22 bits per heavy atom. The Labute approximate surface area is 138 Å². The van der Waals surface area contributed by atoms with Crippen LogP contribution >= 0.6 is 11.6 Å². The summed E-state index contributed by atoms with van der Waals surface area (Å²) in [6.07, 6.45) is 1.62. The van der Waals surface area contributed by atoms with E-state index in [-0.39, 0.29) is 11.6 Å². The van der Waals surface area contributed by atoms with Gasteiger partial charge in [0.1, 0.15) is 0 Å². The molecule has 1 heterocycles. The average molecular weight is 323 g/mol. The van der Waals surface area contributed by atoms with Gasteiger partial charge in [-0.05, 0) is 48.4 Å². The first kappa shape index (κ1) is 15.0. The molecule has 0 N–H and O–H groups in total. The summed E-state index contributed by atoms with van der Waals surface area (Å²) in [5.41, 5.74) is 3.12. The molecule has 0 radical (unpaired) electrons. The Morgan fingerprint density at radius 3 is 2.61 bits per heavy atom. The number of rotatable bonds is 2. The van der Waals surface area contributed by atoms with Crippen LogP contribution in [0.3, 0.4) is 0 Å². The van der Waals surface area contributed by atoms with Gasteiger partial charge >= 0.3 is 5.97 Å². The van der Waals surface area contributed by atoms with E-state index >= 15 is 0 Å². The van der Waals surface area contributed by atoms with Gasteiger partial charge in [0.25, 0.3) is 0 Å². The normalized spacial score (nSPS) is 15.3. The number of carbonyl (C=O) groups is 1. The van der Waals surface area contributed by atoms with Crippen LogP contribution in [0.15, 0.2) is 53.2 Å². The van der Waals surface area contributed by atoms with E-state index in [9.17, 15) is 4.79 Å². The summed E-state index contributed by atoms with van der Waals surface area (Å²) in [4.78, 5) is 16.2. The van der Waals surface area contributed by atoms with E-state index < -0.39 is 5.97 Å². The molecule has 23 heavy (non-hydrogen) atoms. The molecular formula is C18H11ClN2O2. The number of cyclic esters (lactones) is 1. The molecule has 0 spiro atoms. The van der Waals surface area contributed by atoms with Crippen molar-refractivity contribution in [1.82, 2.24) is 0 Å². The van der Waals surface area contributed by atoms with Crippen LogP contribution in [0.1, 0.15) is 22.3 Å². The molecule has 4 nitrogen and oxygen atoms in total. The van der Waals surface area contributed by atoms with Gasteiger partial charge in [-0.15, -0.1) is 0 Å². The molecule has 1 aliphatic heterocycles. The number of nitrogens with zero attached hydrogens (tertiary/aromatic N) is 2. The van der Waals surface area contributed by atoms with Crippen LogP contribution in [0.5, 0.6) is 0 Å². The molecule has 2 aromatic rings. The Kier molecular flexibility index (Phi) is 3.96. The van der Waals surface area contributed by atoms with Gasteiger partial charge in [0.15, 0.2) is 5.70 Å². The molecule has 5 heteroatoms. The lowest BCUT2D eigenvalue weighted by molar-refractivity contribution is -0.129. The van der Waals surface area contributed by atoms with Crippen molar-refractivity contribution in [3.8, 4) is 6.07 Å². The second-order valence-electron chi connectivity index (χ2n) is 5.03. The molecule has 0 fully saturated rings. The maximum absolute atomic E-state index is 11.9. The van der Waals surface area contributed by atoms with E-state index in [4.69, 9.17) is 21.6 Å². The number of halogens is 1. The lowest BCUT2D eigenvalue weighted by atomic mass is 10.1. The number of hydrogen-bond acceptors (Lipinski definition) is 4. The highest BCUT2D eigenvalue weighted by Crippen LogP contribution is 2.22. The number of aryl methyl sites for hydroxylation is 1. The molecule has 0 unspecified atom stereocenters. The quantitative estimate of drug-likeness (QED) is 0.623. The fraction of sp³-hybridized carbons (Fsp3) is 0.0556. The minimum Gasteiger partial charge on any atom is -0.402 e. The first-order valence-corrected chi connectivity index (χ1v) is 7.24. The van der Waals surface area contributed by atoms with E-state index in [1.807, 2.05) is 19.1 Å². The molecule has 0 saturated carbocycles. The Hall–Kier alpha value is -2.90. The van der Waals surface area contributed by atoms with Gasteiger partial charge in [-0.25, -0.2) is 9.79 Å². The van der Waals surface area contributed by atoms with Crippen LogP contribution in [0.25, 0.3) is 6.08 Å². The van der Waals surface area contributed by atoms with E-state index in [0.717, 1.165) is 11.1 Å². The van der Waals surface area contributed by atoms with Crippen molar-refractivity contribution in [3.63, 3.8) is 0 Å². The van der Waals surface area contributed by atoms with Crippen LogP contribution in [-0.4, -0.2) is 11.9 Å². The number of aliphatic imine (C=N–C) groups is 1. The molecule has 0 aliphatic carbocycles. The predicted molar refractivity (Wildman–Crippen MR) is 88.0 cm³/mol. The van der Waals surface area contributed by atoms with Gasteiger partial charge in [-0.2, -0.15) is 5.26 Å². The predicted octanol–water partition coefficient (Wildman–Crippen LogP) is 3.86. The van der Waals surface area contributed by atoms with Crippen molar-refractivity contribution in [2.45, 2.75) is 6.92 Å². The van der Waals surface area contributed by atoms with Crippen LogP contribution in [0, 0.1) is 18.3 Å². The summed E-state index contributed by atoms with van der Waals surface area (Å²) in [6.45, 7) is 1.89. The summed E-state index contributed by atoms with van der Waals surface area (Å²) in [5, 5.41) is 9.37. The highest BCUT2D eigenvalue weighted by atomic mass is 35.5. The number of hydrogen-bond donors (Lipinski definition) is 0. The summed E-state index contributed by atoms with van der Waals surface area (Å²) < 4.78 is 5.20. The van der Waals surface area contributed by atoms with Crippen molar-refractivity contribution in [3.05, 3.63) is 75.4 Å². The first-order valence-electron chi connectivity index (χ1n) is 6.86. The molecule has 0 amide bonds. The SMILES string of the molecule is Cc1ccc(C2=NC(=Cc3ccc(C#N)cc3)C(=O)O2)cc1Cl. The zero-order valence-corrected chi connectivity index (χ0v) is 13.0. The topological polar surface area (TPSA) is 62.5 Å². The fourth-order valence-corrected chi connectivity index (χ4v) is 2.25. The third kappa shape index (κ3) is 3.15. The zero-order valence-electron chi connectivity index (χ0n) is 12.2. The van der Waals surface area contributed by atoms with Crippen molar-refractivity contribution < 1.29 is 9.53 Å². The molecule has 0 saturated heterocycles. The van der Waals surface area contributed by atoms with Crippen LogP contribution < -0.4 is 0 Å². The molecule has 112 valence electrons. The Balaban J connectivity index is 1.92. The van der Waals surface area contributed by atoms with Gasteiger partial charge in [-0.3, -0.25) is 0 Å². The van der Waals surface area contributed by atoms with Crippen molar-refractivity contribution in [1.29, 1.82) is 5.26 Å². The van der Waals surface area contributed by atoms with Crippen LogP contribution in [0.2, 0.25) is 5.02 Å². The third-order valence-electron chi connectivity index (χ3n) is 3.38. The van der Waals surface area contributed by atoms with E-state index in [1.54, 1.807) is 42.5 Å². The van der Waals surface area contributed by atoms with Crippen LogP contribution in [-0.2, 0) is 9.53 Å². The maximum Gasteiger partial charge on any atom is 0.363 e. The van der Waals surface area contributed by atoms with E-state index in [1.165, 1.54) is 0 Å². The number of nitriles is 1. The monoisotopic (exact) mass is 322 g/mol. The highest BCUT2D eigenvalue weighted by molar-refractivity contribution is 6.31. The van der Waals surface area contributed by atoms with E-state index in [0.29, 0.717) is 16.1 Å². The number of ether oxygens (including phenoxy) is 1. The summed E-state index contributed by atoms with van der Waals surface area (Å²) in [5.74, 6) is -0.280. The summed E-state index contributed by atoms with van der Waals surface area (Å²) in [6, 6.07) is 14.3. The Morgan fingerprint density at radius 2 is 1.96 bits per heavy atom. The van der Waals surface area contributed by atoms with Gasteiger partial charge in [-0.1, -0.05) is 29.8 Å². The average Bonchev–Trinajstić information content (AvgIpc) is 2.92. The molecule has 1 aliphatic rings. The van der Waals surface area contributed by atoms with Gasteiger partial charge in [0.05, 0.1) is 11.6 Å². The molecule has 0 bridgehead atoms. The largest absolute Gasteiger partial charge is 0.402 e. The lowest BCUT2D eigenvalue weighted by Gasteiger charge is -2.02. The van der Waals surface area contributed by atoms with Crippen molar-refractivity contribution >= 4 is 29.5 Å². The van der Waals surface area contributed by atoms with Gasteiger partial charge < -0.3 is 4.74 Å². The molecule has 0 aromatic heterocycles. The highest BCUT2D eigenvalue weighted by Gasteiger charge is 2.24. The third-order valence-corrected chi connectivity index (χ3v) is 3.79. The van der Waals surface area contributed by atoms with Gasteiger partial charge in [0, 0.05) is 10.6 Å². The number of benzene rings is 2. The fourth-order valence-electron chi connectivity index (χ4n) is 2.07. The first-order chi connectivity index (χ1) is 11.1. The van der Waals surface area contributed by atoms with Gasteiger partial charge in [0.2, 0.25) is 5.90 Å². The molecule has 2 aromatic carbocycles. The zero-order chi connectivity index (χ0) is 16.4.